The second-order valence-electron chi connectivity index (χ2n) is 5.07. The molecule has 0 N–H and O–H groups in total. The first-order chi connectivity index (χ1) is 8.85. The molecule has 0 unspecified atom stereocenters. The topological polar surface area (TPSA) is 46.6 Å². The molecule has 1 amide bonds. The van der Waals surface area contributed by atoms with Gasteiger partial charge in [-0.05, 0) is 19.3 Å². The fraction of sp³-hybridized carbons (Fsp3) is 0.846. The Labute approximate surface area is 112 Å². The summed E-state index contributed by atoms with van der Waals surface area (Å²) in [6, 6.07) is 0. The Balaban J connectivity index is 2.31. The first-order valence-electron chi connectivity index (χ1n) is 6.55. The van der Waals surface area contributed by atoms with Gasteiger partial charge in [0.15, 0.2) is 0 Å². The third-order valence-electron chi connectivity index (χ3n) is 3.54. The number of nitrogens with zero attached hydrogens (tertiary/aromatic N) is 1. The average molecular weight is 277 g/mol. The fourth-order valence-electron chi connectivity index (χ4n) is 2.27. The smallest absolute Gasteiger partial charge is 0.305 e. The van der Waals surface area contributed by atoms with Crippen molar-refractivity contribution >= 4 is 11.9 Å². The van der Waals surface area contributed by atoms with Crippen LogP contribution in [-0.4, -0.2) is 43.4 Å². The summed E-state index contributed by atoms with van der Waals surface area (Å²) in [4.78, 5) is 24.5. The van der Waals surface area contributed by atoms with E-state index in [-0.39, 0.29) is 49.9 Å². The molecule has 1 rings (SSSR count). The van der Waals surface area contributed by atoms with Crippen LogP contribution in [0.15, 0.2) is 0 Å². The molecule has 1 saturated carbocycles. The van der Waals surface area contributed by atoms with E-state index in [1.807, 2.05) is 0 Å². The Morgan fingerprint density at radius 1 is 1.32 bits per heavy atom. The number of esters is 1. The van der Waals surface area contributed by atoms with Crippen molar-refractivity contribution in [2.45, 2.75) is 44.4 Å². The van der Waals surface area contributed by atoms with Crippen molar-refractivity contribution in [3.63, 3.8) is 0 Å². The summed E-state index contributed by atoms with van der Waals surface area (Å²) in [7, 11) is 2.96. The van der Waals surface area contributed by atoms with Crippen LogP contribution in [0.25, 0.3) is 0 Å². The quantitative estimate of drug-likeness (QED) is 0.724. The van der Waals surface area contributed by atoms with Crippen LogP contribution in [0.2, 0.25) is 0 Å². The number of hydrogen-bond acceptors (Lipinski definition) is 3. The van der Waals surface area contributed by atoms with Crippen LogP contribution in [0.1, 0.15) is 38.5 Å². The van der Waals surface area contributed by atoms with Crippen molar-refractivity contribution in [2.24, 2.45) is 5.92 Å². The summed E-state index contributed by atoms with van der Waals surface area (Å²) in [6.45, 7) is 0.445. The Bertz CT molecular complexity index is 324. The lowest BCUT2D eigenvalue weighted by molar-refractivity contribution is -0.142. The van der Waals surface area contributed by atoms with Crippen molar-refractivity contribution in [1.29, 1.82) is 0 Å². The lowest BCUT2D eigenvalue weighted by Crippen LogP contribution is -2.37. The summed E-state index contributed by atoms with van der Waals surface area (Å²) < 4.78 is 30.5. The van der Waals surface area contributed by atoms with E-state index in [0.717, 1.165) is 0 Å². The highest BCUT2D eigenvalue weighted by molar-refractivity contribution is 5.78. The predicted molar refractivity (Wildman–Crippen MR) is 65.8 cm³/mol. The molecule has 110 valence electrons. The van der Waals surface area contributed by atoms with Gasteiger partial charge in [-0.15, -0.1) is 0 Å². The summed E-state index contributed by atoms with van der Waals surface area (Å²) in [5.41, 5.74) is 0. The molecule has 0 bridgehead atoms. The maximum absolute atomic E-state index is 13.0. The normalized spacial score (nSPS) is 18.9. The van der Waals surface area contributed by atoms with Gasteiger partial charge in [0, 0.05) is 38.8 Å². The molecule has 0 radical (unpaired) electrons. The molecule has 0 aromatic rings. The van der Waals surface area contributed by atoms with Gasteiger partial charge in [0.25, 0.3) is 0 Å². The molecule has 6 heteroatoms. The van der Waals surface area contributed by atoms with Crippen LogP contribution in [0.5, 0.6) is 0 Å². The van der Waals surface area contributed by atoms with Gasteiger partial charge in [0.2, 0.25) is 11.8 Å². The number of amides is 1. The van der Waals surface area contributed by atoms with E-state index < -0.39 is 5.92 Å². The zero-order valence-corrected chi connectivity index (χ0v) is 11.5. The van der Waals surface area contributed by atoms with Crippen LogP contribution in [0, 0.1) is 5.92 Å². The highest BCUT2D eigenvalue weighted by Crippen LogP contribution is 2.36. The first-order valence-corrected chi connectivity index (χ1v) is 6.55. The summed E-state index contributed by atoms with van der Waals surface area (Å²) in [5, 5.41) is 0. The van der Waals surface area contributed by atoms with E-state index in [9.17, 15) is 18.4 Å². The molecule has 0 atom stereocenters. The minimum atomic E-state index is -2.61. The SMILES string of the molecule is COC(=O)CCCN(C)C(=O)C1CCC(F)(F)CC1. The monoisotopic (exact) mass is 277 g/mol. The van der Waals surface area contributed by atoms with Crippen molar-refractivity contribution in [3.05, 3.63) is 0 Å². The number of methoxy groups -OCH3 is 1. The minimum Gasteiger partial charge on any atom is -0.469 e. The number of ether oxygens (including phenoxy) is 1. The van der Waals surface area contributed by atoms with Crippen molar-refractivity contribution in [3.8, 4) is 0 Å². The van der Waals surface area contributed by atoms with Gasteiger partial charge < -0.3 is 9.64 Å². The molecule has 4 nitrogen and oxygen atoms in total. The molecule has 0 aliphatic heterocycles. The lowest BCUT2D eigenvalue weighted by atomic mass is 9.86. The van der Waals surface area contributed by atoms with E-state index in [2.05, 4.69) is 4.74 Å². The number of carbonyl (C=O) groups excluding carboxylic acids is 2. The van der Waals surface area contributed by atoms with E-state index in [1.165, 1.54) is 12.0 Å². The van der Waals surface area contributed by atoms with Crippen molar-refractivity contribution in [2.75, 3.05) is 20.7 Å². The Morgan fingerprint density at radius 3 is 2.42 bits per heavy atom. The van der Waals surface area contributed by atoms with Gasteiger partial charge >= 0.3 is 5.97 Å². The molecule has 0 spiro atoms. The largest absolute Gasteiger partial charge is 0.469 e. The van der Waals surface area contributed by atoms with Gasteiger partial charge in [0.05, 0.1) is 7.11 Å². The van der Waals surface area contributed by atoms with Crippen molar-refractivity contribution in [1.82, 2.24) is 4.90 Å². The van der Waals surface area contributed by atoms with Crippen LogP contribution >= 0.6 is 0 Å². The molecule has 0 aromatic carbocycles. The summed E-state index contributed by atoms with van der Waals surface area (Å²) in [6.07, 6.45) is 0.855. The fourth-order valence-corrected chi connectivity index (χ4v) is 2.27. The zero-order chi connectivity index (χ0) is 14.5. The maximum atomic E-state index is 13.0. The van der Waals surface area contributed by atoms with Gasteiger partial charge in [-0.1, -0.05) is 0 Å². The Hall–Kier alpha value is -1.20. The first kappa shape index (κ1) is 15.9. The molecule has 19 heavy (non-hydrogen) atoms. The molecular weight excluding hydrogens is 256 g/mol. The molecular formula is C13H21F2NO3. The standard InChI is InChI=1S/C13H21F2NO3/c1-16(9-3-4-11(17)19-2)12(18)10-5-7-13(14,15)8-6-10/h10H,3-9H2,1-2H3. The highest BCUT2D eigenvalue weighted by atomic mass is 19.3. The summed E-state index contributed by atoms with van der Waals surface area (Å²) in [5.74, 6) is -3.32. The number of halogens is 2. The summed E-state index contributed by atoms with van der Waals surface area (Å²) >= 11 is 0. The Morgan fingerprint density at radius 2 is 1.89 bits per heavy atom. The number of carbonyl (C=O) groups is 2. The number of rotatable bonds is 5. The van der Waals surface area contributed by atoms with Crippen LogP contribution in [-0.2, 0) is 14.3 Å². The van der Waals surface area contributed by atoms with Crippen LogP contribution in [0.3, 0.4) is 0 Å². The third-order valence-corrected chi connectivity index (χ3v) is 3.54. The molecule has 0 heterocycles. The molecule has 1 aliphatic rings. The minimum absolute atomic E-state index is 0.0969. The van der Waals surface area contributed by atoms with E-state index in [0.29, 0.717) is 13.0 Å². The lowest BCUT2D eigenvalue weighted by Gasteiger charge is -2.30. The third kappa shape index (κ3) is 5.12. The maximum Gasteiger partial charge on any atom is 0.305 e. The van der Waals surface area contributed by atoms with Gasteiger partial charge in [-0.25, -0.2) is 8.78 Å². The highest BCUT2D eigenvalue weighted by Gasteiger charge is 2.38. The molecule has 0 saturated heterocycles. The predicted octanol–water partition coefficient (Wildman–Crippen LogP) is 2.22. The second-order valence-corrected chi connectivity index (χ2v) is 5.07. The number of hydrogen-bond donors (Lipinski definition) is 0. The van der Waals surface area contributed by atoms with Gasteiger partial charge in [-0.3, -0.25) is 9.59 Å². The van der Waals surface area contributed by atoms with Gasteiger partial charge in [0.1, 0.15) is 0 Å². The van der Waals surface area contributed by atoms with Crippen molar-refractivity contribution < 1.29 is 23.1 Å². The van der Waals surface area contributed by atoms with Crippen LogP contribution in [0.4, 0.5) is 8.78 Å². The van der Waals surface area contributed by atoms with E-state index >= 15 is 0 Å². The van der Waals surface area contributed by atoms with E-state index in [1.54, 1.807) is 7.05 Å². The van der Waals surface area contributed by atoms with Gasteiger partial charge in [-0.2, -0.15) is 0 Å². The molecule has 1 aliphatic carbocycles. The van der Waals surface area contributed by atoms with E-state index in [4.69, 9.17) is 0 Å². The number of alkyl halides is 2. The van der Waals surface area contributed by atoms with Crippen LogP contribution < -0.4 is 0 Å². The zero-order valence-electron chi connectivity index (χ0n) is 11.5. The molecule has 1 fully saturated rings. The second kappa shape index (κ2) is 6.82. The Kier molecular flexibility index (Phi) is 5.69. The molecule has 0 aromatic heterocycles. The average Bonchev–Trinajstić information content (AvgIpc) is 2.37.